The Morgan fingerprint density at radius 2 is 1.91 bits per heavy atom. The fourth-order valence-corrected chi connectivity index (χ4v) is 3.39. The highest BCUT2D eigenvalue weighted by molar-refractivity contribution is 5.95. The molecule has 0 spiro atoms. The molecule has 7 nitrogen and oxygen atoms in total. The van der Waals surface area contributed by atoms with E-state index in [0.29, 0.717) is 29.7 Å². The van der Waals surface area contributed by atoms with Crippen LogP contribution in [0.5, 0.6) is 0 Å². The smallest absolute Gasteiger partial charge is 0.417 e. The minimum absolute atomic E-state index is 0.370. The van der Waals surface area contributed by atoms with Crippen molar-refractivity contribution in [3.63, 3.8) is 0 Å². The zero-order valence-corrected chi connectivity index (χ0v) is 12.4. The van der Waals surface area contributed by atoms with E-state index in [1.54, 1.807) is 24.3 Å². The molecule has 2 aromatic rings. The summed E-state index contributed by atoms with van der Waals surface area (Å²) < 4.78 is 5.12. The first kappa shape index (κ1) is 13.8. The Morgan fingerprint density at radius 1 is 1.13 bits per heavy atom. The second kappa shape index (κ2) is 5.12. The third-order valence-corrected chi connectivity index (χ3v) is 4.44. The fourth-order valence-electron chi connectivity index (χ4n) is 3.39. The summed E-state index contributed by atoms with van der Waals surface area (Å²) in [6.07, 6.45) is 3.16. The van der Waals surface area contributed by atoms with Crippen molar-refractivity contribution < 1.29 is 9.34 Å². The van der Waals surface area contributed by atoms with Crippen LogP contribution in [-0.2, 0) is 0 Å². The highest BCUT2D eigenvalue weighted by Gasteiger charge is 2.32. The van der Waals surface area contributed by atoms with Crippen molar-refractivity contribution >= 4 is 22.3 Å². The first-order valence-electron chi connectivity index (χ1n) is 7.54. The van der Waals surface area contributed by atoms with Crippen molar-refractivity contribution in [1.82, 2.24) is 4.90 Å². The second-order valence-corrected chi connectivity index (χ2v) is 5.73. The van der Waals surface area contributed by atoms with E-state index in [2.05, 4.69) is 11.0 Å². The topological polar surface area (TPSA) is 79.8 Å². The van der Waals surface area contributed by atoms with E-state index in [4.69, 9.17) is 4.42 Å². The number of rotatable bonds is 2. The highest BCUT2D eigenvalue weighted by Crippen LogP contribution is 2.35. The standard InChI is InChI=1S/C16H15N3O4/c20-16-15(19(21)22)14(12-5-1-2-6-13(12)23-16)18-9-8-17-7-3-4-11(17)10-18/h1-2,4-6H,3,7-10H2. The van der Waals surface area contributed by atoms with Gasteiger partial charge in [0.1, 0.15) is 11.3 Å². The Hall–Kier alpha value is -2.83. The number of fused-ring (bicyclic) bond motifs is 2. The summed E-state index contributed by atoms with van der Waals surface area (Å²) in [4.78, 5) is 27.1. The number of benzene rings is 1. The summed E-state index contributed by atoms with van der Waals surface area (Å²) in [5, 5.41) is 12.1. The maximum atomic E-state index is 12.1. The molecule has 0 atom stereocenters. The van der Waals surface area contributed by atoms with E-state index >= 15 is 0 Å². The van der Waals surface area contributed by atoms with Gasteiger partial charge in [-0.15, -0.1) is 0 Å². The number of anilines is 1. The van der Waals surface area contributed by atoms with E-state index in [0.717, 1.165) is 19.5 Å². The Bertz CT molecular complexity index is 887. The molecular formula is C16H15N3O4. The zero-order valence-electron chi connectivity index (χ0n) is 12.4. The van der Waals surface area contributed by atoms with Crippen molar-refractivity contribution in [3.05, 3.63) is 56.6 Å². The Balaban J connectivity index is 1.92. The lowest BCUT2D eigenvalue weighted by Gasteiger charge is -2.36. The van der Waals surface area contributed by atoms with Crippen LogP contribution in [0.4, 0.5) is 11.4 Å². The maximum absolute atomic E-state index is 12.1. The Morgan fingerprint density at radius 3 is 2.74 bits per heavy atom. The number of piperazine rings is 1. The summed E-state index contributed by atoms with van der Waals surface area (Å²) >= 11 is 0. The van der Waals surface area contributed by atoms with E-state index < -0.39 is 16.2 Å². The molecule has 1 saturated heterocycles. The van der Waals surface area contributed by atoms with Crippen LogP contribution < -0.4 is 10.5 Å². The molecule has 0 radical (unpaired) electrons. The number of nitrogens with zero attached hydrogens (tertiary/aromatic N) is 3. The van der Waals surface area contributed by atoms with Crippen molar-refractivity contribution in [3.8, 4) is 0 Å². The summed E-state index contributed by atoms with van der Waals surface area (Å²) in [7, 11) is 0. The van der Waals surface area contributed by atoms with E-state index in [1.165, 1.54) is 5.70 Å². The minimum Gasteiger partial charge on any atom is -0.418 e. The molecule has 1 aromatic carbocycles. The third kappa shape index (κ3) is 2.16. The molecular weight excluding hydrogens is 298 g/mol. The van der Waals surface area contributed by atoms with Gasteiger partial charge < -0.3 is 14.2 Å². The van der Waals surface area contributed by atoms with Crippen molar-refractivity contribution in [2.24, 2.45) is 0 Å². The van der Waals surface area contributed by atoms with Crippen LogP contribution in [0, 0.1) is 10.1 Å². The SMILES string of the molecule is O=c1oc2ccccc2c(N2CCN3CCC=C3C2)c1[N+](=O)[O-]. The Labute approximate surface area is 131 Å². The average molecular weight is 313 g/mol. The molecule has 0 unspecified atom stereocenters. The van der Waals surface area contributed by atoms with Gasteiger partial charge in [0.15, 0.2) is 0 Å². The van der Waals surface area contributed by atoms with Gasteiger partial charge in [0.2, 0.25) is 0 Å². The van der Waals surface area contributed by atoms with Gasteiger partial charge in [-0.05, 0) is 18.6 Å². The van der Waals surface area contributed by atoms with Gasteiger partial charge in [0.05, 0.1) is 11.5 Å². The van der Waals surface area contributed by atoms with Gasteiger partial charge in [-0.3, -0.25) is 10.1 Å². The largest absolute Gasteiger partial charge is 0.418 e. The van der Waals surface area contributed by atoms with Crippen LogP contribution in [0.1, 0.15) is 6.42 Å². The molecule has 23 heavy (non-hydrogen) atoms. The zero-order chi connectivity index (χ0) is 16.0. The lowest BCUT2D eigenvalue weighted by molar-refractivity contribution is -0.386. The van der Waals surface area contributed by atoms with Gasteiger partial charge in [-0.2, -0.15) is 0 Å². The molecule has 4 rings (SSSR count). The summed E-state index contributed by atoms with van der Waals surface area (Å²) in [5.41, 5.74) is 0.542. The van der Waals surface area contributed by atoms with Crippen LogP contribution in [0.25, 0.3) is 11.0 Å². The van der Waals surface area contributed by atoms with Crippen molar-refractivity contribution in [2.45, 2.75) is 6.42 Å². The average Bonchev–Trinajstić information content (AvgIpc) is 3.00. The molecule has 0 saturated carbocycles. The normalized spacial score (nSPS) is 17.3. The van der Waals surface area contributed by atoms with Crippen LogP contribution in [0.2, 0.25) is 0 Å². The predicted molar refractivity (Wildman–Crippen MR) is 85.6 cm³/mol. The second-order valence-electron chi connectivity index (χ2n) is 5.73. The van der Waals surface area contributed by atoms with Crippen LogP contribution in [-0.4, -0.2) is 36.0 Å². The monoisotopic (exact) mass is 313 g/mol. The molecule has 3 heterocycles. The molecule has 0 N–H and O–H groups in total. The summed E-state index contributed by atoms with van der Waals surface area (Å²) in [5.74, 6) is 0. The lowest BCUT2D eigenvalue weighted by Crippen LogP contribution is -2.43. The summed E-state index contributed by atoms with van der Waals surface area (Å²) in [6.45, 7) is 3.03. The van der Waals surface area contributed by atoms with Gasteiger partial charge in [0, 0.05) is 30.7 Å². The van der Waals surface area contributed by atoms with Crippen molar-refractivity contribution in [2.75, 3.05) is 31.1 Å². The van der Waals surface area contributed by atoms with E-state index in [-0.39, 0.29) is 0 Å². The summed E-state index contributed by atoms with van der Waals surface area (Å²) in [6, 6.07) is 6.96. The van der Waals surface area contributed by atoms with E-state index in [1.807, 2.05) is 4.90 Å². The molecule has 0 bridgehead atoms. The highest BCUT2D eigenvalue weighted by atomic mass is 16.6. The number of nitro groups is 1. The quantitative estimate of drug-likeness (QED) is 0.480. The third-order valence-electron chi connectivity index (χ3n) is 4.44. The Kier molecular flexibility index (Phi) is 3.07. The van der Waals surface area contributed by atoms with Gasteiger partial charge >= 0.3 is 11.3 Å². The van der Waals surface area contributed by atoms with E-state index in [9.17, 15) is 14.9 Å². The first-order chi connectivity index (χ1) is 11.1. The minimum atomic E-state index is -0.897. The molecule has 2 aliphatic rings. The molecule has 2 aliphatic heterocycles. The molecule has 118 valence electrons. The molecule has 7 heteroatoms. The molecule has 1 fully saturated rings. The number of hydrogen-bond acceptors (Lipinski definition) is 6. The van der Waals surface area contributed by atoms with Crippen LogP contribution >= 0.6 is 0 Å². The van der Waals surface area contributed by atoms with Crippen LogP contribution in [0.3, 0.4) is 0 Å². The number of hydrogen-bond donors (Lipinski definition) is 0. The molecule has 0 aliphatic carbocycles. The number of para-hydroxylation sites is 1. The molecule has 1 aromatic heterocycles. The van der Waals surface area contributed by atoms with Crippen molar-refractivity contribution in [1.29, 1.82) is 0 Å². The molecule has 0 amide bonds. The van der Waals surface area contributed by atoms with Gasteiger partial charge in [-0.1, -0.05) is 18.2 Å². The van der Waals surface area contributed by atoms with Crippen LogP contribution in [0.15, 0.2) is 45.3 Å². The maximum Gasteiger partial charge on any atom is 0.417 e. The van der Waals surface area contributed by atoms with Gasteiger partial charge in [0.25, 0.3) is 0 Å². The fraction of sp³-hybridized carbons (Fsp3) is 0.312. The first-order valence-corrected chi connectivity index (χ1v) is 7.54. The van der Waals surface area contributed by atoms with Gasteiger partial charge in [-0.25, -0.2) is 4.79 Å². The lowest BCUT2D eigenvalue weighted by atomic mass is 10.1. The predicted octanol–water partition coefficient (Wildman–Crippen LogP) is 2.11.